The summed E-state index contributed by atoms with van der Waals surface area (Å²) in [5.74, 6) is -1.11. The van der Waals surface area contributed by atoms with Crippen LogP contribution in [0.4, 0.5) is 4.79 Å². The number of alkyl carbamates (subject to hydrolysis) is 1. The molecule has 1 aliphatic heterocycles. The van der Waals surface area contributed by atoms with Gasteiger partial charge in [-0.1, -0.05) is 44.2 Å². The van der Waals surface area contributed by atoms with Gasteiger partial charge in [0.15, 0.2) is 0 Å². The highest BCUT2D eigenvalue weighted by Crippen LogP contribution is 2.39. The first-order valence-electron chi connectivity index (χ1n) is 14.1. The molecule has 4 N–H and O–H groups in total. The second-order valence-corrected chi connectivity index (χ2v) is 13.0. The van der Waals surface area contributed by atoms with E-state index >= 15 is 0 Å². The average Bonchev–Trinajstić information content (AvgIpc) is 3.79. The number of nitrogens with one attached hydrogen (secondary N) is 4. The first-order chi connectivity index (χ1) is 19.6. The summed E-state index contributed by atoms with van der Waals surface area (Å²) in [5, 5.41) is 15.3. The van der Waals surface area contributed by atoms with Crippen LogP contribution in [0, 0.1) is 29.1 Å². The highest BCUT2D eigenvalue weighted by molar-refractivity contribution is 7.89. The van der Waals surface area contributed by atoms with Crippen molar-refractivity contribution in [3.8, 4) is 0 Å². The molecule has 12 heteroatoms. The molecule has 0 radical (unpaired) electrons. The lowest BCUT2D eigenvalue weighted by Crippen LogP contribution is -2.51. The van der Waals surface area contributed by atoms with E-state index in [2.05, 4.69) is 15.4 Å². The normalized spacial score (nSPS) is 18.9. The van der Waals surface area contributed by atoms with Crippen LogP contribution >= 0.6 is 0 Å². The third-order valence-electron chi connectivity index (χ3n) is 7.46. The molecule has 2 aromatic carbocycles. The van der Waals surface area contributed by atoms with E-state index in [1.54, 1.807) is 17.0 Å². The van der Waals surface area contributed by atoms with E-state index in [0.717, 1.165) is 36.5 Å². The molecule has 1 saturated carbocycles. The fourth-order valence-electron chi connectivity index (χ4n) is 5.14. The summed E-state index contributed by atoms with van der Waals surface area (Å²) in [7, 11) is -4.05. The van der Waals surface area contributed by atoms with Gasteiger partial charge in [0.05, 0.1) is 23.5 Å². The maximum atomic E-state index is 13.3. The van der Waals surface area contributed by atoms with Crippen molar-refractivity contribution in [3.63, 3.8) is 0 Å². The second kappa shape index (κ2) is 13.4. The molecule has 2 amide bonds. The van der Waals surface area contributed by atoms with Gasteiger partial charge in [0, 0.05) is 19.6 Å². The van der Waals surface area contributed by atoms with Crippen molar-refractivity contribution in [2.24, 2.45) is 23.7 Å². The van der Waals surface area contributed by atoms with Crippen LogP contribution in [-0.2, 0) is 24.3 Å². The fraction of sp³-hybridized carbons (Fsp3) is 0.517. The lowest BCUT2D eigenvalue weighted by molar-refractivity contribution is -0.128. The zero-order chi connectivity index (χ0) is 29.6. The van der Waals surface area contributed by atoms with Gasteiger partial charge in [0.25, 0.3) is 0 Å². The van der Waals surface area contributed by atoms with Crippen LogP contribution in [-0.4, -0.2) is 69.8 Å². The first kappa shape index (κ1) is 30.4. The van der Waals surface area contributed by atoms with Crippen LogP contribution in [0.25, 0.3) is 10.8 Å². The maximum absolute atomic E-state index is 13.3. The van der Waals surface area contributed by atoms with E-state index in [-0.39, 0.29) is 41.1 Å². The molecule has 1 heterocycles. The maximum Gasteiger partial charge on any atom is 0.413 e. The molecule has 3 unspecified atom stereocenters. The number of rotatable bonds is 11. The fourth-order valence-corrected chi connectivity index (χ4v) is 6.37. The Morgan fingerprint density at radius 2 is 1.85 bits per heavy atom. The van der Waals surface area contributed by atoms with Crippen molar-refractivity contribution in [1.29, 1.82) is 5.41 Å². The van der Waals surface area contributed by atoms with E-state index in [1.807, 2.05) is 38.1 Å². The quantitative estimate of drug-likeness (QED) is 0.179. The van der Waals surface area contributed by atoms with Gasteiger partial charge in [0.2, 0.25) is 21.9 Å². The van der Waals surface area contributed by atoms with Crippen molar-refractivity contribution in [2.45, 2.75) is 50.5 Å². The number of carbonyl (C=O) groups is 3. The number of sulfonamides is 1. The summed E-state index contributed by atoms with van der Waals surface area (Å²) in [6.45, 7) is 5.48. The lowest BCUT2D eigenvalue weighted by Gasteiger charge is -2.34. The zero-order valence-corrected chi connectivity index (χ0v) is 24.3. The minimum Gasteiger partial charge on any atom is -0.449 e. The predicted molar refractivity (Wildman–Crippen MR) is 155 cm³/mol. The molecular weight excluding hydrogens is 546 g/mol. The molecule has 2 aliphatic rings. The number of hydrogen-bond donors (Lipinski definition) is 4. The minimum atomic E-state index is -4.05. The molecule has 4 rings (SSSR count). The molecule has 11 nitrogen and oxygen atoms in total. The Kier molecular flexibility index (Phi) is 9.98. The van der Waals surface area contributed by atoms with Gasteiger partial charge >= 0.3 is 6.09 Å². The van der Waals surface area contributed by atoms with Crippen molar-refractivity contribution in [1.82, 2.24) is 20.3 Å². The van der Waals surface area contributed by atoms with E-state index in [1.165, 1.54) is 6.07 Å². The number of aldehydes is 1. The molecular formula is C29H39N5O6S. The molecule has 222 valence electrons. The van der Waals surface area contributed by atoms with Gasteiger partial charge in [0.1, 0.15) is 6.29 Å². The van der Waals surface area contributed by atoms with Gasteiger partial charge in [-0.25, -0.2) is 17.9 Å². The molecule has 2 aromatic rings. The van der Waals surface area contributed by atoms with E-state index in [9.17, 15) is 22.8 Å². The first-order valence-corrected chi connectivity index (χ1v) is 15.6. The average molecular weight is 586 g/mol. The topological polar surface area (TPSA) is 158 Å². The summed E-state index contributed by atoms with van der Waals surface area (Å²) < 4.78 is 34.0. The molecule has 0 aromatic heterocycles. The summed E-state index contributed by atoms with van der Waals surface area (Å²) in [6, 6.07) is 10.9. The van der Waals surface area contributed by atoms with Crippen molar-refractivity contribution in [2.75, 3.05) is 26.2 Å². The van der Waals surface area contributed by atoms with Crippen LogP contribution in [0.5, 0.6) is 0 Å². The minimum absolute atomic E-state index is 0.0189. The smallest absolute Gasteiger partial charge is 0.413 e. The number of likely N-dealkylation sites (tertiary alicyclic amines) is 1. The molecule has 2 fully saturated rings. The third-order valence-corrected chi connectivity index (χ3v) is 8.91. The van der Waals surface area contributed by atoms with Crippen molar-refractivity contribution >= 4 is 45.0 Å². The van der Waals surface area contributed by atoms with Gasteiger partial charge < -0.3 is 19.7 Å². The molecule has 3 atom stereocenters. The second-order valence-electron chi connectivity index (χ2n) is 11.3. The lowest BCUT2D eigenvalue weighted by atomic mass is 9.93. The zero-order valence-electron chi connectivity index (χ0n) is 23.5. The number of hydrogen-bond acceptors (Lipinski definition) is 7. The largest absolute Gasteiger partial charge is 0.449 e. The van der Waals surface area contributed by atoms with Crippen molar-refractivity contribution < 1.29 is 27.5 Å². The third kappa shape index (κ3) is 8.26. The Morgan fingerprint density at radius 1 is 1.12 bits per heavy atom. The van der Waals surface area contributed by atoms with E-state index in [4.69, 9.17) is 10.1 Å². The van der Waals surface area contributed by atoms with Gasteiger partial charge in [-0.15, -0.1) is 0 Å². The number of amides is 2. The van der Waals surface area contributed by atoms with Gasteiger partial charge in [-0.3, -0.25) is 15.5 Å². The van der Waals surface area contributed by atoms with Crippen LogP contribution in [0.15, 0.2) is 47.4 Å². The number of piperidine rings is 1. The van der Waals surface area contributed by atoms with Crippen LogP contribution in [0.3, 0.4) is 0 Å². The number of carbonyl (C=O) groups excluding carboxylic acids is 3. The summed E-state index contributed by atoms with van der Waals surface area (Å²) in [5.41, 5.74) is 0. The van der Waals surface area contributed by atoms with Crippen molar-refractivity contribution in [3.05, 3.63) is 42.5 Å². The van der Waals surface area contributed by atoms with Gasteiger partial charge in [-0.2, -0.15) is 0 Å². The van der Waals surface area contributed by atoms with Crippen LogP contribution in [0.1, 0.15) is 39.5 Å². The monoisotopic (exact) mass is 585 g/mol. The molecule has 1 aliphatic carbocycles. The number of nitrogens with zero attached hydrogens (tertiary/aromatic N) is 1. The molecule has 0 spiro atoms. The summed E-state index contributed by atoms with van der Waals surface area (Å²) >= 11 is 0. The Morgan fingerprint density at radius 3 is 2.54 bits per heavy atom. The summed E-state index contributed by atoms with van der Waals surface area (Å²) in [4.78, 5) is 39.2. The Bertz CT molecular complexity index is 1380. The Hall–Kier alpha value is -3.51. The molecule has 0 bridgehead atoms. The van der Waals surface area contributed by atoms with Crippen LogP contribution < -0.4 is 15.4 Å². The predicted octanol–water partition coefficient (Wildman–Crippen LogP) is 2.86. The number of benzene rings is 2. The Labute approximate surface area is 240 Å². The Balaban J connectivity index is 1.35. The van der Waals surface area contributed by atoms with Gasteiger partial charge in [-0.05, 0) is 66.3 Å². The highest BCUT2D eigenvalue weighted by atomic mass is 32.2. The number of fused-ring (bicyclic) bond motifs is 1. The van der Waals surface area contributed by atoms with E-state index in [0.29, 0.717) is 25.9 Å². The summed E-state index contributed by atoms with van der Waals surface area (Å²) in [6.07, 6.45) is 2.93. The number of guanidine groups is 1. The SMILES string of the molecule is CC(C)COC(=O)NC(=N)N1CCCC(CNC(=O)C(C2CC2)C(C=O)NS(=O)(=O)c2ccc3ccccc3c2)C1. The highest BCUT2D eigenvalue weighted by Gasteiger charge is 2.43. The van der Waals surface area contributed by atoms with Crippen LogP contribution in [0.2, 0.25) is 0 Å². The molecule has 41 heavy (non-hydrogen) atoms. The van der Waals surface area contributed by atoms with E-state index < -0.39 is 28.1 Å². The number of ether oxygens (including phenoxy) is 1. The standard InChI is InChI=1S/C29H39N5O6S/c1-19(2)18-40-29(37)32-28(30)34-13-5-6-20(16-34)15-31-27(36)26(22-9-10-22)25(17-35)33-41(38,39)24-12-11-21-7-3-4-8-23(21)14-24/h3-4,7-8,11-12,14,17,19-20,22,25-26,33H,5-6,9-10,13,15-16,18H2,1-2H3,(H,31,36)(H2,30,32,37). The molecule has 1 saturated heterocycles.